The van der Waals surface area contributed by atoms with Gasteiger partial charge in [0.25, 0.3) is 0 Å². The minimum atomic E-state index is -0.262. The molecule has 1 amide bonds. The van der Waals surface area contributed by atoms with E-state index in [1.165, 1.54) is 7.11 Å². The van der Waals surface area contributed by atoms with Crippen LogP contribution in [0.5, 0.6) is 0 Å². The van der Waals surface area contributed by atoms with E-state index in [2.05, 4.69) is 10.1 Å². The van der Waals surface area contributed by atoms with Gasteiger partial charge in [-0.15, -0.1) is 0 Å². The van der Waals surface area contributed by atoms with Crippen LogP contribution in [-0.4, -0.2) is 43.5 Å². The zero-order chi connectivity index (χ0) is 14.1. The molecule has 0 saturated heterocycles. The van der Waals surface area contributed by atoms with Gasteiger partial charge in [-0.1, -0.05) is 25.1 Å². The summed E-state index contributed by atoms with van der Waals surface area (Å²) in [5.41, 5.74) is 0.775. The summed E-state index contributed by atoms with van der Waals surface area (Å²) in [6.07, 6.45) is 0.295. The maximum absolute atomic E-state index is 11.8. The summed E-state index contributed by atoms with van der Waals surface area (Å²) in [4.78, 5) is 24.8. The third-order valence-electron chi connectivity index (χ3n) is 2.73. The standard InChI is InChI=1S/C14H20N2O3/c1-3-16(10-9-14(18)19-2)11-13(17)15-12-7-5-4-6-8-12/h4-8H,3,9-11H2,1-2H3,(H,15,17). The number of anilines is 1. The van der Waals surface area contributed by atoms with Crippen LogP contribution >= 0.6 is 0 Å². The highest BCUT2D eigenvalue weighted by Gasteiger charge is 2.11. The van der Waals surface area contributed by atoms with Gasteiger partial charge < -0.3 is 10.1 Å². The summed E-state index contributed by atoms with van der Waals surface area (Å²) in [6, 6.07) is 9.30. The van der Waals surface area contributed by atoms with Crippen molar-refractivity contribution in [1.82, 2.24) is 4.90 Å². The summed E-state index contributed by atoms with van der Waals surface area (Å²) in [6.45, 7) is 3.44. The largest absolute Gasteiger partial charge is 0.469 e. The lowest BCUT2D eigenvalue weighted by atomic mass is 10.3. The summed E-state index contributed by atoms with van der Waals surface area (Å²) in [5, 5.41) is 2.81. The number of carbonyl (C=O) groups excluding carboxylic acids is 2. The number of nitrogens with zero attached hydrogens (tertiary/aromatic N) is 1. The first-order chi connectivity index (χ1) is 9.15. The normalized spacial score (nSPS) is 10.3. The molecule has 0 aliphatic carbocycles. The molecule has 0 radical (unpaired) electrons. The Morgan fingerprint density at radius 2 is 1.95 bits per heavy atom. The first-order valence-corrected chi connectivity index (χ1v) is 6.29. The van der Waals surface area contributed by atoms with Gasteiger partial charge in [-0.05, 0) is 18.7 Å². The molecule has 104 valence electrons. The number of para-hydroxylation sites is 1. The third kappa shape index (κ3) is 6.01. The van der Waals surface area contributed by atoms with Crippen LogP contribution in [0.3, 0.4) is 0 Å². The fourth-order valence-corrected chi connectivity index (χ4v) is 1.63. The molecule has 0 unspecified atom stereocenters. The van der Waals surface area contributed by atoms with E-state index in [-0.39, 0.29) is 18.4 Å². The molecule has 0 saturated carbocycles. The van der Waals surface area contributed by atoms with Gasteiger partial charge in [0, 0.05) is 12.2 Å². The molecule has 0 heterocycles. The van der Waals surface area contributed by atoms with E-state index < -0.39 is 0 Å². The number of benzene rings is 1. The van der Waals surface area contributed by atoms with Crippen molar-refractivity contribution in [3.05, 3.63) is 30.3 Å². The maximum atomic E-state index is 11.8. The molecule has 0 atom stereocenters. The van der Waals surface area contributed by atoms with Crippen molar-refractivity contribution in [2.24, 2.45) is 0 Å². The van der Waals surface area contributed by atoms with E-state index >= 15 is 0 Å². The van der Waals surface area contributed by atoms with Crippen LogP contribution in [0, 0.1) is 0 Å². The molecule has 5 nitrogen and oxygen atoms in total. The van der Waals surface area contributed by atoms with Crippen molar-refractivity contribution in [3.8, 4) is 0 Å². The predicted octanol–water partition coefficient (Wildman–Crippen LogP) is 1.51. The first kappa shape index (κ1) is 15.2. The molecule has 0 aliphatic rings. The highest BCUT2D eigenvalue weighted by atomic mass is 16.5. The van der Waals surface area contributed by atoms with E-state index in [9.17, 15) is 9.59 Å². The van der Waals surface area contributed by atoms with Crippen LogP contribution in [0.25, 0.3) is 0 Å². The Kier molecular flexibility index (Phi) is 6.60. The number of methoxy groups -OCH3 is 1. The number of nitrogens with one attached hydrogen (secondary N) is 1. The topological polar surface area (TPSA) is 58.6 Å². The quantitative estimate of drug-likeness (QED) is 0.758. The third-order valence-corrected chi connectivity index (χ3v) is 2.73. The zero-order valence-corrected chi connectivity index (χ0v) is 11.4. The van der Waals surface area contributed by atoms with Crippen molar-refractivity contribution >= 4 is 17.6 Å². The van der Waals surface area contributed by atoms with Crippen LogP contribution in [0.1, 0.15) is 13.3 Å². The van der Waals surface area contributed by atoms with E-state index in [0.29, 0.717) is 19.5 Å². The molecular formula is C14H20N2O3. The molecule has 1 N–H and O–H groups in total. The minimum Gasteiger partial charge on any atom is -0.469 e. The van der Waals surface area contributed by atoms with Gasteiger partial charge in [0.05, 0.1) is 20.1 Å². The summed E-state index contributed by atoms with van der Waals surface area (Å²) < 4.78 is 4.58. The lowest BCUT2D eigenvalue weighted by Gasteiger charge is -2.19. The van der Waals surface area contributed by atoms with E-state index in [0.717, 1.165) is 5.69 Å². The Labute approximate surface area is 113 Å². The Morgan fingerprint density at radius 3 is 2.53 bits per heavy atom. The van der Waals surface area contributed by atoms with Gasteiger partial charge in [0.1, 0.15) is 0 Å². The Hall–Kier alpha value is -1.88. The SMILES string of the molecule is CCN(CCC(=O)OC)CC(=O)Nc1ccccc1. The minimum absolute atomic E-state index is 0.0853. The fraction of sp³-hybridized carbons (Fsp3) is 0.429. The highest BCUT2D eigenvalue weighted by Crippen LogP contribution is 2.05. The van der Waals surface area contributed by atoms with Crippen LogP contribution in [0.15, 0.2) is 30.3 Å². The Morgan fingerprint density at radius 1 is 1.26 bits per heavy atom. The van der Waals surface area contributed by atoms with E-state index in [1.807, 2.05) is 42.2 Å². The number of amides is 1. The molecule has 19 heavy (non-hydrogen) atoms. The number of esters is 1. The number of hydrogen-bond acceptors (Lipinski definition) is 4. The molecule has 1 aromatic rings. The molecule has 0 fully saturated rings. The molecule has 0 bridgehead atoms. The monoisotopic (exact) mass is 264 g/mol. The smallest absolute Gasteiger partial charge is 0.306 e. The molecule has 1 rings (SSSR count). The van der Waals surface area contributed by atoms with Crippen molar-refractivity contribution < 1.29 is 14.3 Å². The van der Waals surface area contributed by atoms with Crippen LogP contribution in [0.4, 0.5) is 5.69 Å². The van der Waals surface area contributed by atoms with Crippen LogP contribution in [-0.2, 0) is 14.3 Å². The molecule has 1 aromatic carbocycles. The lowest BCUT2D eigenvalue weighted by molar-refractivity contribution is -0.141. The maximum Gasteiger partial charge on any atom is 0.306 e. The number of ether oxygens (including phenoxy) is 1. The van der Waals surface area contributed by atoms with Crippen LogP contribution in [0.2, 0.25) is 0 Å². The molecule has 0 spiro atoms. The molecular weight excluding hydrogens is 244 g/mol. The second-order valence-electron chi connectivity index (χ2n) is 4.11. The van der Waals surface area contributed by atoms with Crippen molar-refractivity contribution in [1.29, 1.82) is 0 Å². The van der Waals surface area contributed by atoms with Crippen LogP contribution < -0.4 is 5.32 Å². The lowest BCUT2D eigenvalue weighted by Crippen LogP contribution is -2.34. The number of carbonyl (C=O) groups is 2. The van der Waals surface area contributed by atoms with Gasteiger partial charge in [-0.25, -0.2) is 0 Å². The zero-order valence-electron chi connectivity index (χ0n) is 11.4. The average Bonchev–Trinajstić information content (AvgIpc) is 2.44. The molecule has 5 heteroatoms. The van der Waals surface area contributed by atoms with Gasteiger partial charge >= 0.3 is 5.97 Å². The Balaban J connectivity index is 2.38. The first-order valence-electron chi connectivity index (χ1n) is 6.29. The highest BCUT2D eigenvalue weighted by molar-refractivity contribution is 5.92. The second kappa shape index (κ2) is 8.26. The molecule has 0 aromatic heterocycles. The summed E-state index contributed by atoms with van der Waals surface area (Å²) in [7, 11) is 1.36. The summed E-state index contributed by atoms with van der Waals surface area (Å²) >= 11 is 0. The number of likely N-dealkylation sites (N-methyl/N-ethyl adjacent to an activating group) is 1. The van der Waals surface area contributed by atoms with Gasteiger partial charge in [0.15, 0.2) is 0 Å². The van der Waals surface area contributed by atoms with E-state index in [4.69, 9.17) is 0 Å². The van der Waals surface area contributed by atoms with Gasteiger partial charge in [0.2, 0.25) is 5.91 Å². The number of hydrogen-bond donors (Lipinski definition) is 1. The summed E-state index contributed by atoms with van der Waals surface area (Å²) in [5.74, 6) is -0.347. The van der Waals surface area contributed by atoms with Gasteiger partial charge in [-0.2, -0.15) is 0 Å². The Bertz CT molecular complexity index is 406. The predicted molar refractivity (Wildman–Crippen MR) is 73.8 cm³/mol. The van der Waals surface area contributed by atoms with Crippen molar-refractivity contribution in [2.45, 2.75) is 13.3 Å². The second-order valence-corrected chi connectivity index (χ2v) is 4.11. The molecule has 0 aliphatic heterocycles. The fourth-order valence-electron chi connectivity index (χ4n) is 1.63. The van der Waals surface area contributed by atoms with Crippen molar-refractivity contribution in [2.75, 3.05) is 32.1 Å². The van der Waals surface area contributed by atoms with Crippen molar-refractivity contribution in [3.63, 3.8) is 0 Å². The average molecular weight is 264 g/mol. The van der Waals surface area contributed by atoms with E-state index in [1.54, 1.807) is 0 Å². The number of rotatable bonds is 7. The van der Waals surface area contributed by atoms with Gasteiger partial charge in [-0.3, -0.25) is 14.5 Å².